The van der Waals surface area contributed by atoms with Crippen molar-refractivity contribution in [2.75, 3.05) is 13.7 Å². The smallest absolute Gasteiger partial charge is 0.205 e. The van der Waals surface area contributed by atoms with Crippen molar-refractivity contribution in [2.24, 2.45) is 5.92 Å². The van der Waals surface area contributed by atoms with Crippen molar-refractivity contribution in [1.29, 1.82) is 0 Å². The van der Waals surface area contributed by atoms with Crippen LogP contribution in [0.3, 0.4) is 0 Å². The number of para-hydroxylation sites is 1. The Morgan fingerprint density at radius 3 is 3.07 bits per heavy atom. The molecule has 1 aromatic carbocycles. The molecule has 2 aliphatic heterocycles. The summed E-state index contributed by atoms with van der Waals surface area (Å²) in [5, 5.41) is 0. The Kier molecular flexibility index (Phi) is 2.15. The minimum Gasteiger partial charge on any atom is -0.464 e. The molecule has 0 N–H and O–H groups in total. The molecule has 0 aromatic heterocycles. The molecular weight excluding hydrogens is 192 g/mol. The summed E-state index contributed by atoms with van der Waals surface area (Å²) < 4.78 is 16.9. The monoisotopic (exact) mass is 206 g/mol. The lowest BCUT2D eigenvalue weighted by molar-refractivity contribution is -0.112. The lowest BCUT2D eigenvalue weighted by atomic mass is 9.91. The number of fused-ring (bicyclic) bond motifs is 2. The second-order valence-corrected chi connectivity index (χ2v) is 4.00. The Balaban J connectivity index is 2.03. The van der Waals surface area contributed by atoms with Gasteiger partial charge in [0.05, 0.1) is 18.6 Å². The van der Waals surface area contributed by atoms with Gasteiger partial charge in [-0.2, -0.15) is 0 Å². The molecule has 0 aliphatic carbocycles. The zero-order valence-corrected chi connectivity index (χ0v) is 8.68. The van der Waals surface area contributed by atoms with Crippen molar-refractivity contribution in [3.63, 3.8) is 0 Å². The van der Waals surface area contributed by atoms with Crippen molar-refractivity contribution in [2.45, 2.75) is 18.8 Å². The molecule has 0 spiro atoms. The van der Waals surface area contributed by atoms with E-state index in [1.807, 2.05) is 18.2 Å². The van der Waals surface area contributed by atoms with Gasteiger partial charge in [0.2, 0.25) is 6.29 Å². The van der Waals surface area contributed by atoms with Crippen LogP contribution >= 0.6 is 0 Å². The maximum absolute atomic E-state index is 5.79. The van der Waals surface area contributed by atoms with Crippen LogP contribution in [0.15, 0.2) is 24.3 Å². The van der Waals surface area contributed by atoms with Crippen LogP contribution in [0.1, 0.15) is 18.1 Å². The Hall–Kier alpha value is -1.06. The molecule has 3 heteroatoms. The first-order valence-corrected chi connectivity index (χ1v) is 5.30. The molecule has 3 rings (SSSR count). The molecule has 3 nitrogen and oxygen atoms in total. The molecule has 0 radical (unpaired) electrons. The number of benzene rings is 1. The van der Waals surface area contributed by atoms with E-state index >= 15 is 0 Å². The van der Waals surface area contributed by atoms with E-state index < -0.39 is 0 Å². The van der Waals surface area contributed by atoms with Gasteiger partial charge in [-0.15, -0.1) is 0 Å². The highest BCUT2D eigenvalue weighted by Crippen LogP contribution is 2.44. The maximum Gasteiger partial charge on any atom is 0.205 e. The highest BCUT2D eigenvalue weighted by Gasteiger charge is 2.42. The molecule has 1 fully saturated rings. The van der Waals surface area contributed by atoms with Gasteiger partial charge in [-0.05, 0) is 12.5 Å². The van der Waals surface area contributed by atoms with E-state index in [0.717, 1.165) is 24.3 Å². The molecule has 80 valence electrons. The molecular formula is C12H14O3. The zero-order valence-electron chi connectivity index (χ0n) is 8.68. The standard InChI is InChI=1S/C12H14O3/c1-13-11-8-4-2-3-5-10(8)15-12-9(11)6-7-14-12/h2-5,9,11-12H,6-7H2,1H3/t9-,11-,12+/m0/s1. The quantitative estimate of drug-likeness (QED) is 0.704. The summed E-state index contributed by atoms with van der Waals surface area (Å²) in [4.78, 5) is 0. The SMILES string of the molecule is CO[C@H]1c2ccccc2O[C@H]2OCC[C@H]21. The summed E-state index contributed by atoms with van der Waals surface area (Å²) in [5.74, 6) is 1.23. The van der Waals surface area contributed by atoms with E-state index in [-0.39, 0.29) is 12.4 Å². The predicted molar refractivity (Wildman–Crippen MR) is 54.7 cm³/mol. The van der Waals surface area contributed by atoms with Crippen LogP contribution in [-0.4, -0.2) is 20.0 Å². The van der Waals surface area contributed by atoms with Gasteiger partial charge in [0, 0.05) is 12.7 Å². The van der Waals surface area contributed by atoms with Crippen molar-refractivity contribution in [3.05, 3.63) is 29.8 Å². The van der Waals surface area contributed by atoms with E-state index in [0.29, 0.717) is 5.92 Å². The third kappa shape index (κ3) is 1.34. The molecule has 0 bridgehead atoms. The van der Waals surface area contributed by atoms with E-state index in [2.05, 4.69) is 6.07 Å². The summed E-state index contributed by atoms with van der Waals surface area (Å²) in [6.45, 7) is 0.767. The Labute approximate surface area is 89.0 Å². The topological polar surface area (TPSA) is 27.7 Å². The number of ether oxygens (including phenoxy) is 3. The molecule has 1 aromatic rings. The first-order valence-electron chi connectivity index (χ1n) is 5.30. The second kappa shape index (κ2) is 3.51. The van der Waals surface area contributed by atoms with Gasteiger partial charge in [-0.25, -0.2) is 0 Å². The summed E-state index contributed by atoms with van der Waals surface area (Å²) in [6.07, 6.45) is 1.00. The molecule has 3 atom stereocenters. The Bertz CT molecular complexity index is 364. The number of hydrogen-bond donors (Lipinski definition) is 0. The van der Waals surface area contributed by atoms with Crippen LogP contribution in [-0.2, 0) is 9.47 Å². The van der Waals surface area contributed by atoms with Crippen molar-refractivity contribution >= 4 is 0 Å². The zero-order chi connectivity index (χ0) is 10.3. The fourth-order valence-corrected chi connectivity index (χ4v) is 2.48. The first kappa shape index (κ1) is 9.19. The van der Waals surface area contributed by atoms with Crippen LogP contribution in [0.2, 0.25) is 0 Å². The molecule has 1 saturated heterocycles. The van der Waals surface area contributed by atoms with Gasteiger partial charge < -0.3 is 14.2 Å². The highest BCUT2D eigenvalue weighted by molar-refractivity contribution is 5.37. The fourth-order valence-electron chi connectivity index (χ4n) is 2.48. The minimum atomic E-state index is -0.121. The van der Waals surface area contributed by atoms with E-state index in [9.17, 15) is 0 Å². The third-order valence-electron chi connectivity index (χ3n) is 3.19. The summed E-state index contributed by atoms with van der Waals surface area (Å²) >= 11 is 0. The average Bonchev–Trinajstić information content (AvgIpc) is 2.73. The average molecular weight is 206 g/mol. The molecule has 0 amide bonds. The molecule has 2 aliphatic rings. The molecule has 0 saturated carbocycles. The van der Waals surface area contributed by atoms with Crippen molar-refractivity contribution in [3.8, 4) is 5.75 Å². The fraction of sp³-hybridized carbons (Fsp3) is 0.500. The Morgan fingerprint density at radius 1 is 1.33 bits per heavy atom. The number of rotatable bonds is 1. The van der Waals surface area contributed by atoms with Gasteiger partial charge >= 0.3 is 0 Å². The second-order valence-electron chi connectivity index (χ2n) is 4.00. The largest absolute Gasteiger partial charge is 0.464 e. The van der Waals surface area contributed by atoms with Gasteiger partial charge in [0.15, 0.2) is 0 Å². The van der Waals surface area contributed by atoms with E-state index in [1.165, 1.54) is 0 Å². The summed E-state index contributed by atoms with van der Waals surface area (Å²) in [5.41, 5.74) is 1.15. The van der Waals surface area contributed by atoms with Crippen LogP contribution in [0.4, 0.5) is 0 Å². The van der Waals surface area contributed by atoms with Crippen LogP contribution in [0, 0.1) is 5.92 Å². The van der Waals surface area contributed by atoms with Crippen molar-refractivity contribution in [1.82, 2.24) is 0 Å². The van der Waals surface area contributed by atoms with E-state index in [1.54, 1.807) is 7.11 Å². The first-order chi connectivity index (χ1) is 7.40. The minimum absolute atomic E-state index is 0.113. The lowest BCUT2D eigenvalue weighted by Crippen LogP contribution is -2.33. The molecule has 2 heterocycles. The van der Waals surface area contributed by atoms with Gasteiger partial charge in [-0.1, -0.05) is 18.2 Å². The lowest BCUT2D eigenvalue weighted by Gasteiger charge is -2.33. The van der Waals surface area contributed by atoms with E-state index in [4.69, 9.17) is 14.2 Å². The highest BCUT2D eigenvalue weighted by atomic mass is 16.7. The van der Waals surface area contributed by atoms with Gasteiger partial charge in [0.1, 0.15) is 5.75 Å². The maximum atomic E-state index is 5.79. The Morgan fingerprint density at radius 2 is 2.20 bits per heavy atom. The van der Waals surface area contributed by atoms with Gasteiger partial charge in [-0.3, -0.25) is 0 Å². The summed E-state index contributed by atoms with van der Waals surface area (Å²) in [6, 6.07) is 8.03. The number of hydrogen-bond acceptors (Lipinski definition) is 3. The van der Waals surface area contributed by atoms with Gasteiger partial charge in [0.25, 0.3) is 0 Å². The van der Waals surface area contributed by atoms with Crippen LogP contribution < -0.4 is 4.74 Å². The van der Waals surface area contributed by atoms with Crippen LogP contribution in [0.5, 0.6) is 5.75 Å². The molecule has 15 heavy (non-hydrogen) atoms. The van der Waals surface area contributed by atoms with Crippen LogP contribution in [0.25, 0.3) is 0 Å². The van der Waals surface area contributed by atoms with Crippen molar-refractivity contribution < 1.29 is 14.2 Å². The predicted octanol–water partition coefficient (Wildman–Crippen LogP) is 2.13. The third-order valence-corrected chi connectivity index (χ3v) is 3.19. The summed E-state index contributed by atoms with van der Waals surface area (Å²) in [7, 11) is 1.75. The molecule has 0 unspecified atom stereocenters. The normalized spacial score (nSPS) is 33.0. The number of methoxy groups -OCH3 is 1.